The Hall–Kier alpha value is -2.19. The number of epoxide rings is 2. The molecule has 0 unspecified atom stereocenters. The van der Waals surface area contributed by atoms with Gasteiger partial charge in [-0.25, -0.2) is 4.79 Å². The molecule has 0 radical (unpaired) electrons. The van der Waals surface area contributed by atoms with Gasteiger partial charge in [0.15, 0.2) is 0 Å². The van der Waals surface area contributed by atoms with Crippen LogP contribution < -0.4 is 10.1 Å². The lowest BCUT2D eigenvalue weighted by molar-refractivity contribution is -0.166. The molecule has 6 atom stereocenters. The molecule has 3 aliphatic rings. The topological polar surface area (TPSA) is 81.9 Å². The first-order valence-corrected chi connectivity index (χ1v) is 12.6. The van der Waals surface area contributed by atoms with Gasteiger partial charge in [-0.15, -0.1) is 0 Å². The lowest BCUT2D eigenvalue weighted by Gasteiger charge is -2.42. The fraction of sp³-hybridized carbons (Fsp3) is 0.607. The van der Waals surface area contributed by atoms with Gasteiger partial charge >= 0.3 is 5.97 Å². The van der Waals surface area contributed by atoms with E-state index in [2.05, 4.69) is 32.2 Å². The van der Waals surface area contributed by atoms with Crippen LogP contribution in [-0.2, 0) is 23.7 Å². The van der Waals surface area contributed by atoms with Gasteiger partial charge in [0.2, 0.25) is 0 Å². The summed E-state index contributed by atoms with van der Waals surface area (Å²) in [5.74, 6) is 0.438. The summed E-state index contributed by atoms with van der Waals surface area (Å²) in [6, 6.07) is 7.62. The van der Waals surface area contributed by atoms with E-state index in [-0.39, 0.29) is 41.4 Å². The summed E-state index contributed by atoms with van der Waals surface area (Å²) in [5.41, 5.74) is 1.60. The maximum Gasteiger partial charge on any atom is 0.331 e. The number of ether oxygens (including phenoxy) is 5. The maximum absolute atomic E-state index is 12.7. The third-order valence-corrected chi connectivity index (χ3v) is 7.42. The number of rotatable bonds is 11. The minimum absolute atomic E-state index is 0.0153. The van der Waals surface area contributed by atoms with Crippen LogP contribution in [-0.4, -0.2) is 69.4 Å². The Morgan fingerprint density at radius 3 is 2.63 bits per heavy atom. The monoisotopic (exact) mass is 485 g/mol. The minimum atomic E-state index is -0.374. The first kappa shape index (κ1) is 25.9. The Balaban J connectivity index is 1.37. The fourth-order valence-electron chi connectivity index (χ4n) is 5.37. The number of carbonyl (C=O) groups is 1. The summed E-state index contributed by atoms with van der Waals surface area (Å²) in [6.45, 7) is 8.44. The van der Waals surface area contributed by atoms with E-state index in [0.717, 1.165) is 30.7 Å². The Morgan fingerprint density at radius 1 is 1.26 bits per heavy atom. The van der Waals surface area contributed by atoms with Crippen LogP contribution in [0.15, 0.2) is 42.0 Å². The molecule has 1 spiro atoms. The minimum Gasteiger partial charge on any atom is -0.492 e. The molecule has 2 saturated heterocycles. The number of carbonyl (C=O) groups excluding carboxylic acids is 1. The van der Waals surface area contributed by atoms with Crippen LogP contribution in [0.4, 0.5) is 0 Å². The van der Waals surface area contributed by atoms with Crippen LogP contribution in [0.25, 0.3) is 6.08 Å². The van der Waals surface area contributed by atoms with Crippen molar-refractivity contribution in [3.8, 4) is 5.75 Å². The molecule has 1 aromatic carbocycles. The average Bonchev–Trinajstić information content (AvgIpc) is 3.75. The second-order valence-electron chi connectivity index (χ2n) is 10.2. The normalized spacial score (nSPS) is 33.5. The molecule has 1 saturated carbocycles. The Labute approximate surface area is 208 Å². The standard InChI is InChI=1S/C28H39NO6/c1-19(2)6-12-23-27(3,35-23)26-25(31-5)22(14-15-28(26)18-33-28)34-24(30)13-9-20-7-10-21(11-8-20)32-17-16-29-4/h6-11,13,22-23,25-26,29H,12,14-18H2,1-5H3/b13-9+/t22-,23-,25-,26-,27+,28+/m1/s1. The predicted octanol–water partition coefficient (Wildman–Crippen LogP) is 3.92. The van der Waals surface area contributed by atoms with Crippen LogP contribution >= 0.6 is 0 Å². The van der Waals surface area contributed by atoms with E-state index in [1.807, 2.05) is 31.3 Å². The number of likely N-dealkylation sites (N-methyl/N-ethyl adjacent to an activating group) is 1. The van der Waals surface area contributed by atoms with E-state index in [9.17, 15) is 4.79 Å². The van der Waals surface area contributed by atoms with Crippen LogP contribution in [0.2, 0.25) is 0 Å². The third-order valence-electron chi connectivity index (χ3n) is 7.42. The van der Waals surface area contributed by atoms with Crippen molar-refractivity contribution in [2.45, 2.75) is 69.5 Å². The number of methoxy groups -OCH3 is 1. The third kappa shape index (κ3) is 5.97. The molecule has 1 N–H and O–H groups in total. The molecule has 0 bridgehead atoms. The van der Waals surface area contributed by atoms with E-state index < -0.39 is 0 Å². The Kier molecular flexibility index (Phi) is 8.01. The zero-order valence-electron chi connectivity index (χ0n) is 21.5. The van der Waals surface area contributed by atoms with Gasteiger partial charge < -0.3 is 29.0 Å². The highest BCUT2D eigenvalue weighted by Gasteiger charge is 2.72. The molecule has 7 nitrogen and oxygen atoms in total. The number of nitrogens with one attached hydrogen (secondary N) is 1. The van der Waals surface area contributed by atoms with Crippen molar-refractivity contribution >= 4 is 12.0 Å². The highest BCUT2D eigenvalue weighted by atomic mass is 16.6. The maximum atomic E-state index is 12.7. The van der Waals surface area contributed by atoms with Gasteiger partial charge in [0.25, 0.3) is 0 Å². The zero-order valence-corrected chi connectivity index (χ0v) is 21.5. The predicted molar refractivity (Wildman–Crippen MR) is 134 cm³/mol. The van der Waals surface area contributed by atoms with Crippen molar-refractivity contribution in [3.05, 3.63) is 47.6 Å². The molecular formula is C28H39NO6. The summed E-state index contributed by atoms with van der Waals surface area (Å²) >= 11 is 0. The Bertz CT molecular complexity index is 933. The summed E-state index contributed by atoms with van der Waals surface area (Å²) in [6.07, 6.45) is 7.37. The van der Waals surface area contributed by atoms with Crippen molar-refractivity contribution in [3.63, 3.8) is 0 Å². The largest absolute Gasteiger partial charge is 0.492 e. The quantitative estimate of drug-likeness (QED) is 0.167. The van der Waals surface area contributed by atoms with Crippen LogP contribution in [0.3, 0.4) is 0 Å². The smallest absolute Gasteiger partial charge is 0.331 e. The molecule has 2 aliphatic heterocycles. The highest BCUT2D eigenvalue weighted by Crippen LogP contribution is 2.59. The first-order chi connectivity index (χ1) is 16.8. The molecule has 0 aromatic heterocycles. The van der Waals surface area contributed by atoms with Gasteiger partial charge in [-0.3, -0.25) is 0 Å². The second-order valence-corrected chi connectivity index (χ2v) is 10.2. The zero-order chi connectivity index (χ0) is 25.1. The van der Waals surface area contributed by atoms with Gasteiger partial charge in [-0.2, -0.15) is 0 Å². The fourth-order valence-corrected chi connectivity index (χ4v) is 5.37. The molecule has 3 fully saturated rings. The van der Waals surface area contributed by atoms with Gasteiger partial charge in [0, 0.05) is 19.7 Å². The van der Waals surface area contributed by atoms with Gasteiger partial charge in [0.1, 0.15) is 35.8 Å². The Morgan fingerprint density at radius 2 is 2.00 bits per heavy atom. The number of allylic oxidation sites excluding steroid dienone is 1. The molecule has 35 heavy (non-hydrogen) atoms. The molecule has 1 aliphatic carbocycles. The van der Waals surface area contributed by atoms with Crippen LogP contribution in [0.5, 0.6) is 5.75 Å². The summed E-state index contributed by atoms with van der Waals surface area (Å²) < 4.78 is 29.7. The van der Waals surface area contributed by atoms with Crippen molar-refractivity contribution in [1.29, 1.82) is 0 Å². The lowest BCUT2D eigenvalue weighted by Crippen LogP contribution is -2.55. The lowest BCUT2D eigenvalue weighted by atomic mass is 9.68. The van der Waals surface area contributed by atoms with E-state index >= 15 is 0 Å². The van der Waals surface area contributed by atoms with E-state index in [0.29, 0.717) is 19.6 Å². The van der Waals surface area contributed by atoms with Crippen molar-refractivity contribution in [2.24, 2.45) is 5.92 Å². The van der Waals surface area contributed by atoms with E-state index in [4.69, 9.17) is 23.7 Å². The number of benzene rings is 1. The molecule has 4 rings (SSSR count). The molecule has 0 amide bonds. The summed E-state index contributed by atoms with van der Waals surface area (Å²) in [4.78, 5) is 12.7. The van der Waals surface area contributed by atoms with Crippen molar-refractivity contribution in [2.75, 3.05) is 33.9 Å². The van der Waals surface area contributed by atoms with E-state index in [1.165, 1.54) is 11.6 Å². The highest BCUT2D eigenvalue weighted by molar-refractivity contribution is 5.87. The summed E-state index contributed by atoms with van der Waals surface area (Å²) in [5, 5.41) is 3.04. The van der Waals surface area contributed by atoms with Crippen molar-refractivity contribution in [1.82, 2.24) is 5.32 Å². The first-order valence-electron chi connectivity index (χ1n) is 12.6. The molecule has 192 valence electrons. The average molecular weight is 486 g/mol. The van der Waals surface area contributed by atoms with Crippen LogP contribution in [0, 0.1) is 5.92 Å². The second kappa shape index (κ2) is 10.8. The molecule has 2 heterocycles. The van der Waals surface area contributed by atoms with E-state index in [1.54, 1.807) is 13.2 Å². The van der Waals surface area contributed by atoms with Gasteiger partial charge in [0.05, 0.1) is 18.6 Å². The van der Waals surface area contributed by atoms with Crippen LogP contribution in [0.1, 0.15) is 45.6 Å². The molecule has 1 aromatic rings. The number of hydrogen-bond donors (Lipinski definition) is 1. The SMILES string of the molecule is CNCCOc1ccc(/C=C/C(=O)O[C@@H]2CC[C@]3(CO3)[C@@H]([C@@]3(C)O[C@@H]3CC=C(C)C)[C@@H]2OC)cc1. The van der Waals surface area contributed by atoms with Gasteiger partial charge in [-0.05, 0) is 70.9 Å². The molecule has 7 heteroatoms. The van der Waals surface area contributed by atoms with Crippen molar-refractivity contribution < 1.29 is 28.5 Å². The number of esters is 1. The number of hydrogen-bond acceptors (Lipinski definition) is 7. The van der Waals surface area contributed by atoms with Gasteiger partial charge in [-0.1, -0.05) is 23.8 Å². The summed E-state index contributed by atoms with van der Waals surface area (Å²) in [7, 11) is 3.58. The molecular weight excluding hydrogens is 446 g/mol.